The van der Waals surface area contributed by atoms with Gasteiger partial charge in [0.1, 0.15) is 0 Å². The van der Waals surface area contributed by atoms with Crippen molar-refractivity contribution in [2.75, 3.05) is 39.5 Å². The zero-order valence-corrected chi connectivity index (χ0v) is 11.2. The molecule has 5 heteroatoms. The molecule has 0 aliphatic carbocycles. The second kappa shape index (κ2) is 7.07. The first-order valence-electron chi connectivity index (χ1n) is 7.00. The number of carbonyl (C=O) groups is 1. The number of rotatable bonds is 4. The molecule has 0 aromatic heterocycles. The van der Waals surface area contributed by atoms with Gasteiger partial charge in [-0.15, -0.1) is 0 Å². The fourth-order valence-electron chi connectivity index (χ4n) is 2.63. The van der Waals surface area contributed by atoms with E-state index in [9.17, 15) is 4.79 Å². The zero-order chi connectivity index (χ0) is 12.8. The Morgan fingerprint density at radius 2 is 2.44 bits per heavy atom. The van der Waals surface area contributed by atoms with Crippen LogP contribution in [0.3, 0.4) is 0 Å². The summed E-state index contributed by atoms with van der Waals surface area (Å²) in [5.41, 5.74) is 0. The predicted molar refractivity (Wildman–Crippen MR) is 68.5 cm³/mol. The SMILES string of the molecule is CCOC1CCCN(C(=O)CC2COCCN2)C1. The summed E-state index contributed by atoms with van der Waals surface area (Å²) in [6.45, 7) is 6.60. The van der Waals surface area contributed by atoms with Crippen LogP contribution >= 0.6 is 0 Å². The van der Waals surface area contributed by atoms with Crippen LogP contribution in [0.2, 0.25) is 0 Å². The number of ether oxygens (including phenoxy) is 2. The standard InChI is InChI=1S/C13H24N2O3/c1-2-18-12-4-3-6-15(9-12)13(16)8-11-10-17-7-5-14-11/h11-12,14H,2-10H2,1H3. The average molecular weight is 256 g/mol. The Labute approximate surface area is 109 Å². The number of nitrogens with zero attached hydrogens (tertiary/aromatic N) is 1. The van der Waals surface area contributed by atoms with E-state index >= 15 is 0 Å². The maximum atomic E-state index is 12.2. The Balaban J connectivity index is 1.76. The molecule has 0 saturated carbocycles. The molecule has 2 aliphatic heterocycles. The third kappa shape index (κ3) is 3.93. The third-order valence-corrected chi connectivity index (χ3v) is 3.55. The lowest BCUT2D eigenvalue weighted by Gasteiger charge is -2.34. The van der Waals surface area contributed by atoms with Gasteiger partial charge in [-0.25, -0.2) is 0 Å². The predicted octanol–water partition coefficient (Wildman–Crippen LogP) is 0.392. The molecule has 18 heavy (non-hydrogen) atoms. The van der Waals surface area contributed by atoms with E-state index in [1.54, 1.807) is 0 Å². The van der Waals surface area contributed by atoms with Gasteiger partial charge < -0.3 is 19.7 Å². The van der Waals surface area contributed by atoms with Crippen molar-refractivity contribution in [3.05, 3.63) is 0 Å². The number of carbonyl (C=O) groups excluding carboxylic acids is 1. The minimum absolute atomic E-state index is 0.179. The summed E-state index contributed by atoms with van der Waals surface area (Å²) in [5.74, 6) is 0.224. The Hall–Kier alpha value is -0.650. The molecule has 2 rings (SSSR count). The van der Waals surface area contributed by atoms with E-state index in [1.165, 1.54) is 0 Å². The minimum atomic E-state index is 0.179. The van der Waals surface area contributed by atoms with Gasteiger partial charge in [-0.3, -0.25) is 4.79 Å². The van der Waals surface area contributed by atoms with Crippen LogP contribution < -0.4 is 5.32 Å². The molecule has 5 nitrogen and oxygen atoms in total. The molecule has 2 aliphatic rings. The van der Waals surface area contributed by atoms with Crippen LogP contribution in [0.5, 0.6) is 0 Å². The molecule has 0 aromatic carbocycles. The molecule has 2 heterocycles. The van der Waals surface area contributed by atoms with E-state index in [1.807, 2.05) is 11.8 Å². The van der Waals surface area contributed by atoms with Crippen molar-refractivity contribution in [2.45, 2.75) is 38.3 Å². The van der Waals surface area contributed by atoms with Crippen LogP contribution in [-0.2, 0) is 14.3 Å². The molecular formula is C13H24N2O3. The van der Waals surface area contributed by atoms with E-state index in [2.05, 4.69) is 5.32 Å². The maximum Gasteiger partial charge on any atom is 0.224 e. The van der Waals surface area contributed by atoms with Gasteiger partial charge in [0, 0.05) is 38.7 Å². The number of hydrogen-bond donors (Lipinski definition) is 1. The molecule has 0 aromatic rings. The molecule has 2 atom stereocenters. The van der Waals surface area contributed by atoms with Gasteiger partial charge in [-0.05, 0) is 19.8 Å². The summed E-state index contributed by atoms with van der Waals surface area (Å²) in [5, 5.41) is 3.32. The lowest BCUT2D eigenvalue weighted by atomic mass is 10.1. The molecule has 104 valence electrons. The van der Waals surface area contributed by atoms with Gasteiger partial charge in [0.25, 0.3) is 0 Å². The van der Waals surface area contributed by atoms with Gasteiger partial charge in [0.05, 0.1) is 19.3 Å². The summed E-state index contributed by atoms with van der Waals surface area (Å²) >= 11 is 0. The first-order valence-corrected chi connectivity index (χ1v) is 7.00. The van der Waals surface area contributed by atoms with E-state index < -0.39 is 0 Å². The molecule has 0 spiro atoms. The van der Waals surface area contributed by atoms with E-state index in [-0.39, 0.29) is 18.1 Å². The topological polar surface area (TPSA) is 50.8 Å². The van der Waals surface area contributed by atoms with Gasteiger partial charge in [-0.2, -0.15) is 0 Å². The van der Waals surface area contributed by atoms with Crippen molar-refractivity contribution in [1.29, 1.82) is 0 Å². The molecule has 1 amide bonds. The average Bonchev–Trinajstić information content (AvgIpc) is 2.40. The fraction of sp³-hybridized carbons (Fsp3) is 0.923. The highest BCUT2D eigenvalue weighted by atomic mass is 16.5. The summed E-state index contributed by atoms with van der Waals surface area (Å²) in [6, 6.07) is 0.179. The summed E-state index contributed by atoms with van der Waals surface area (Å²) in [6.07, 6.45) is 2.88. The summed E-state index contributed by atoms with van der Waals surface area (Å²) < 4.78 is 11.0. The summed E-state index contributed by atoms with van der Waals surface area (Å²) in [4.78, 5) is 14.1. The number of nitrogens with one attached hydrogen (secondary N) is 1. The van der Waals surface area contributed by atoms with Crippen LogP contribution in [-0.4, -0.2) is 62.4 Å². The molecule has 2 unspecified atom stereocenters. The summed E-state index contributed by atoms with van der Waals surface area (Å²) in [7, 11) is 0. The van der Waals surface area contributed by atoms with Crippen molar-refractivity contribution >= 4 is 5.91 Å². The van der Waals surface area contributed by atoms with Gasteiger partial charge in [0.2, 0.25) is 5.91 Å². The van der Waals surface area contributed by atoms with Crippen LogP contribution in [0, 0.1) is 0 Å². The van der Waals surface area contributed by atoms with Crippen molar-refractivity contribution in [2.24, 2.45) is 0 Å². The first kappa shape index (κ1) is 13.8. The number of hydrogen-bond acceptors (Lipinski definition) is 4. The number of piperidine rings is 1. The second-order valence-corrected chi connectivity index (χ2v) is 4.99. The highest BCUT2D eigenvalue weighted by Crippen LogP contribution is 2.15. The molecule has 0 bridgehead atoms. The van der Waals surface area contributed by atoms with Crippen molar-refractivity contribution in [1.82, 2.24) is 10.2 Å². The van der Waals surface area contributed by atoms with Crippen molar-refractivity contribution in [3.8, 4) is 0 Å². The Morgan fingerprint density at radius 3 is 3.17 bits per heavy atom. The van der Waals surface area contributed by atoms with Crippen LogP contribution in [0.1, 0.15) is 26.2 Å². The minimum Gasteiger partial charge on any atom is -0.378 e. The van der Waals surface area contributed by atoms with Crippen LogP contribution in [0.15, 0.2) is 0 Å². The normalized spacial score (nSPS) is 29.3. The maximum absolute atomic E-state index is 12.2. The molecule has 2 saturated heterocycles. The first-order chi connectivity index (χ1) is 8.79. The number of morpholine rings is 1. The molecule has 1 N–H and O–H groups in total. The van der Waals surface area contributed by atoms with Crippen LogP contribution in [0.4, 0.5) is 0 Å². The largest absolute Gasteiger partial charge is 0.378 e. The van der Waals surface area contributed by atoms with E-state index in [4.69, 9.17) is 9.47 Å². The van der Waals surface area contributed by atoms with E-state index in [0.29, 0.717) is 13.0 Å². The molecule has 0 radical (unpaired) electrons. The fourth-order valence-corrected chi connectivity index (χ4v) is 2.63. The second-order valence-electron chi connectivity index (χ2n) is 4.99. The van der Waals surface area contributed by atoms with Gasteiger partial charge in [-0.1, -0.05) is 0 Å². The highest BCUT2D eigenvalue weighted by Gasteiger charge is 2.26. The Morgan fingerprint density at radius 1 is 1.56 bits per heavy atom. The third-order valence-electron chi connectivity index (χ3n) is 3.55. The van der Waals surface area contributed by atoms with E-state index in [0.717, 1.165) is 45.7 Å². The Kier molecular flexibility index (Phi) is 5.41. The Bertz CT molecular complexity index is 265. The monoisotopic (exact) mass is 256 g/mol. The van der Waals surface area contributed by atoms with Crippen LogP contribution in [0.25, 0.3) is 0 Å². The van der Waals surface area contributed by atoms with Crippen molar-refractivity contribution < 1.29 is 14.3 Å². The highest BCUT2D eigenvalue weighted by molar-refractivity contribution is 5.77. The lowest BCUT2D eigenvalue weighted by molar-refractivity contribution is -0.136. The number of likely N-dealkylation sites (tertiary alicyclic amines) is 1. The van der Waals surface area contributed by atoms with Gasteiger partial charge >= 0.3 is 0 Å². The quantitative estimate of drug-likeness (QED) is 0.790. The number of amides is 1. The molecule has 2 fully saturated rings. The van der Waals surface area contributed by atoms with Gasteiger partial charge in [0.15, 0.2) is 0 Å². The zero-order valence-electron chi connectivity index (χ0n) is 11.2. The van der Waals surface area contributed by atoms with Crippen molar-refractivity contribution in [3.63, 3.8) is 0 Å². The smallest absolute Gasteiger partial charge is 0.224 e. The molecular weight excluding hydrogens is 232 g/mol. The lowest BCUT2D eigenvalue weighted by Crippen LogP contribution is -2.48.